The van der Waals surface area contributed by atoms with E-state index in [1.54, 1.807) is 17.9 Å². The molecule has 0 radical (unpaired) electrons. The van der Waals surface area contributed by atoms with Gasteiger partial charge in [0.2, 0.25) is 5.91 Å². The van der Waals surface area contributed by atoms with Gasteiger partial charge in [0.05, 0.1) is 6.20 Å². The molecule has 1 fully saturated rings. The second-order valence-electron chi connectivity index (χ2n) is 6.29. The van der Waals surface area contributed by atoms with Crippen molar-refractivity contribution < 1.29 is 14.7 Å². The summed E-state index contributed by atoms with van der Waals surface area (Å²) in [6.07, 6.45) is 4.76. The highest BCUT2D eigenvalue weighted by molar-refractivity contribution is 5.88. The van der Waals surface area contributed by atoms with Crippen LogP contribution < -0.4 is 5.73 Å². The lowest BCUT2D eigenvalue weighted by molar-refractivity contribution is -0.159. The molecule has 2 unspecified atom stereocenters. The maximum atomic E-state index is 12.6. The summed E-state index contributed by atoms with van der Waals surface area (Å²) in [6.45, 7) is 4.18. The Bertz CT molecular complexity index is 552. The molecular formula is C14H22N4O3. The molecule has 2 heterocycles. The number of aliphatic carboxylic acids is 1. The van der Waals surface area contributed by atoms with Crippen molar-refractivity contribution in [1.29, 1.82) is 0 Å². The standard InChI is InChI=1S/C14H22N4O3/c1-14(2)5-4-6-18(11(14)13(20)21)12(19)10(15)9-7-16-17(3)8-9/h7-8,10-11H,4-6,15H2,1-3H3,(H,20,21). The number of rotatable bonds is 3. The first-order valence-electron chi connectivity index (χ1n) is 7.01. The van der Waals surface area contributed by atoms with E-state index in [-0.39, 0.29) is 5.91 Å². The van der Waals surface area contributed by atoms with Gasteiger partial charge >= 0.3 is 5.97 Å². The minimum atomic E-state index is -0.980. The molecule has 1 saturated heterocycles. The van der Waals surface area contributed by atoms with Crippen LogP contribution >= 0.6 is 0 Å². The molecule has 0 aromatic carbocycles. The number of aromatic nitrogens is 2. The molecule has 0 aliphatic carbocycles. The van der Waals surface area contributed by atoms with E-state index in [0.29, 0.717) is 12.1 Å². The Kier molecular flexibility index (Phi) is 4.04. The van der Waals surface area contributed by atoms with Gasteiger partial charge in [-0.15, -0.1) is 0 Å². The Morgan fingerprint density at radius 2 is 2.19 bits per heavy atom. The van der Waals surface area contributed by atoms with E-state index in [0.717, 1.165) is 12.8 Å². The number of carboxylic acid groups (broad SMARTS) is 1. The second kappa shape index (κ2) is 5.48. The number of aryl methyl sites for hydroxylation is 1. The molecule has 7 heteroatoms. The van der Waals surface area contributed by atoms with Crippen molar-refractivity contribution >= 4 is 11.9 Å². The third kappa shape index (κ3) is 2.92. The number of nitrogens with zero attached hydrogens (tertiary/aromatic N) is 3. The van der Waals surface area contributed by atoms with Crippen molar-refractivity contribution in [2.75, 3.05) is 6.54 Å². The highest BCUT2D eigenvalue weighted by Gasteiger charge is 2.45. The average molecular weight is 294 g/mol. The van der Waals surface area contributed by atoms with Crippen LogP contribution in [-0.2, 0) is 16.6 Å². The summed E-state index contributed by atoms with van der Waals surface area (Å²) in [5.41, 5.74) is 6.12. The SMILES string of the molecule is Cn1cc(C(N)C(=O)N2CCCC(C)(C)C2C(=O)O)cn1. The lowest BCUT2D eigenvalue weighted by atomic mass is 9.76. The van der Waals surface area contributed by atoms with Crippen molar-refractivity contribution in [2.24, 2.45) is 18.2 Å². The number of hydrogen-bond donors (Lipinski definition) is 2. The predicted molar refractivity (Wildman–Crippen MR) is 76.3 cm³/mol. The van der Waals surface area contributed by atoms with Gasteiger partial charge in [-0.05, 0) is 18.3 Å². The van der Waals surface area contributed by atoms with Crippen LogP contribution in [0.3, 0.4) is 0 Å². The molecule has 21 heavy (non-hydrogen) atoms. The minimum Gasteiger partial charge on any atom is -0.480 e. The van der Waals surface area contributed by atoms with Gasteiger partial charge < -0.3 is 15.7 Å². The Hall–Kier alpha value is -1.89. The van der Waals surface area contributed by atoms with Crippen LogP contribution in [0.4, 0.5) is 0 Å². The molecule has 0 saturated carbocycles. The van der Waals surface area contributed by atoms with E-state index < -0.39 is 23.5 Å². The molecule has 7 nitrogen and oxygen atoms in total. The highest BCUT2D eigenvalue weighted by Crippen LogP contribution is 2.36. The highest BCUT2D eigenvalue weighted by atomic mass is 16.4. The lowest BCUT2D eigenvalue weighted by Crippen LogP contribution is -2.58. The first-order valence-corrected chi connectivity index (χ1v) is 7.01. The van der Waals surface area contributed by atoms with Crippen molar-refractivity contribution in [3.05, 3.63) is 18.0 Å². The van der Waals surface area contributed by atoms with E-state index >= 15 is 0 Å². The van der Waals surface area contributed by atoms with E-state index in [9.17, 15) is 14.7 Å². The van der Waals surface area contributed by atoms with E-state index in [2.05, 4.69) is 5.10 Å². The number of amides is 1. The zero-order chi connectivity index (χ0) is 15.8. The molecular weight excluding hydrogens is 272 g/mol. The summed E-state index contributed by atoms with van der Waals surface area (Å²) in [5.74, 6) is -1.34. The quantitative estimate of drug-likeness (QED) is 0.846. The summed E-state index contributed by atoms with van der Waals surface area (Å²) >= 11 is 0. The average Bonchev–Trinajstić information content (AvgIpc) is 2.81. The van der Waals surface area contributed by atoms with Crippen LogP contribution in [-0.4, -0.2) is 44.3 Å². The van der Waals surface area contributed by atoms with Gasteiger partial charge in [-0.1, -0.05) is 13.8 Å². The Morgan fingerprint density at radius 1 is 1.52 bits per heavy atom. The number of piperidine rings is 1. The molecule has 1 aromatic heterocycles. The van der Waals surface area contributed by atoms with Gasteiger partial charge in [-0.2, -0.15) is 5.10 Å². The van der Waals surface area contributed by atoms with Crippen LogP contribution in [0.5, 0.6) is 0 Å². The summed E-state index contributed by atoms with van der Waals surface area (Å²) < 4.78 is 1.57. The number of likely N-dealkylation sites (tertiary alicyclic amines) is 1. The minimum absolute atomic E-state index is 0.358. The zero-order valence-corrected chi connectivity index (χ0v) is 12.6. The fourth-order valence-electron chi connectivity index (χ4n) is 3.02. The fraction of sp³-hybridized carbons (Fsp3) is 0.643. The van der Waals surface area contributed by atoms with Gasteiger partial charge in [0, 0.05) is 25.4 Å². The largest absolute Gasteiger partial charge is 0.480 e. The summed E-state index contributed by atoms with van der Waals surface area (Å²) in [4.78, 5) is 25.6. The smallest absolute Gasteiger partial charge is 0.326 e. The van der Waals surface area contributed by atoms with Crippen molar-refractivity contribution in [3.8, 4) is 0 Å². The number of carbonyl (C=O) groups excluding carboxylic acids is 1. The maximum Gasteiger partial charge on any atom is 0.326 e. The Morgan fingerprint density at radius 3 is 2.71 bits per heavy atom. The first-order chi connectivity index (χ1) is 9.74. The zero-order valence-electron chi connectivity index (χ0n) is 12.6. The number of carbonyl (C=O) groups is 2. The van der Waals surface area contributed by atoms with Gasteiger partial charge in [0.1, 0.15) is 12.1 Å². The third-order valence-corrected chi connectivity index (χ3v) is 4.14. The lowest BCUT2D eigenvalue weighted by Gasteiger charge is -2.44. The summed E-state index contributed by atoms with van der Waals surface area (Å²) in [5, 5.41) is 13.5. The van der Waals surface area contributed by atoms with Crippen molar-refractivity contribution in [1.82, 2.24) is 14.7 Å². The molecule has 2 rings (SSSR count). The molecule has 2 atom stereocenters. The van der Waals surface area contributed by atoms with Crippen LogP contribution in [0.1, 0.15) is 38.3 Å². The van der Waals surface area contributed by atoms with E-state index in [4.69, 9.17) is 5.73 Å². The van der Waals surface area contributed by atoms with Crippen molar-refractivity contribution in [3.63, 3.8) is 0 Å². The molecule has 0 bridgehead atoms. The third-order valence-electron chi connectivity index (χ3n) is 4.14. The summed E-state index contributed by atoms with van der Waals surface area (Å²) in [7, 11) is 1.74. The molecule has 1 aliphatic rings. The van der Waals surface area contributed by atoms with E-state index in [1.165, 1.54) is 11.1 Å². The first kappa shape index (κ1) is 15.5. The normalized spacial score (nSPS) is 22.9. The predicted octanol–water partition coefficient (Wildman–Crippen LogP) is 0.522. The fourth-order valence-corrected chi connectivity index (χ4v) is 3.02. The summed E-state index contributed by atoms with van der Waals surface area (Å²) in [6, 6.07) is -1.73. The second-order valence-corrected chi connectivity index (χ2v) is 6.29. The van der Waals surface area contributed by atoms with Crippen LogP contribution in [0, 0.1) is 5.41 Å². The van der Waals surface area contributed by atoms with E-state index in [1.807, 2.05) is 13.8 Å². The number of hydrogen-bond acceptors (Lipinski definition) is 4. The van der Waals surface area contributed by atoms with Crippen LogP contribution in [0.25, 0.3) is 0 Å². The van der Waals surface area contributed by atoms with Gasteiger partial charge in [0.25, 0.3) is 0 Å². The van der Waals surface area contributed by atoms with Gasteiger partial charge in [-0.25, -0.2) is 4.79 Å². The number of nitrogens with two attached hydrogens (primary N) is 1. The van der Waals surface area contributed by atoms with Crippen LogP contribution in [0.2, 0.25) is 0 Å². The topological polar surface area (TPSA) is 101 Å². The molecule has 1 amide bonds. The van der Waals surface area contributed by atoms with Gasteiger partial charge in [-0.3, -0.25) is 9.48 Å². The molecule has 116 valence electrons. The Labute approximate surface area is 123 Å². The molecule has 1 aromatic rings. The molecule has 1 aliphatic heterocycles. The Balaban J connectivity index is 2.25. The number of carboxylic acids is 1. The van der Waals surface area contributed by atoms with Gasteiger partial charge in [0.15, 0.2) is 0 Å². The molecule has 0 spiro atoms. The van der Waals surface area contributed by atoms with Crippen LogP contribution in [0.15, 0.2) is 12.4 Å². The monoisotopic (exact) mass is 294 g/mol. The molecule has 3 N–H and O–H groups in total. The maximum absolute atomic E-state index is 12.6. The van der Waals surface area contributed by atoms with Crippen molar-refractivity contribution in [2.45, 2.75) is 38.8 Å².